The number of halogens is 1. The summed E-state index contributed by atoms with van der Waals surface area (Å²) in [4.78, 5) is 4.07. The topological polar surface area (TPSA) is 64.9 Å². The van der Waals surface area contributed by atoms with Crippen molar-refractivity contribution in [2.45, 2.75) is 13.0 Å². The first-order valence-electron chi connectivity index (χ1n) is 3.74. The molecule has 0 bridgehead atoms. The van der Waals surface area contributed by atoms with Gasteiger partial charge in [-0.15, -0.1) is 0 Å². The van der Waals surface area contributed by atoms with Crippen molar-refractivity contribution in [2.24, 2.45) is 11.5 Å². The molecule has 0 aromatic carbocycles. The summed E-state index contributed by atoms with van der Waals surface area (Å²) >= 11 is 5.86. The van der Waals surface area contributed by atoms with Crippen LogP contribution in [0.2, 0.25) is 5.15 Å². The molecule has 12 heavy (non-hydrogen) atoms. The Kier molecular flexibility index (Phi) is 3.03. The lowest BCUT2D eigenvalue weighted by molar-refractivity contribution is 0.732. The van der Waals surface area contributed by atoms with Crippen LogP contribution in [0.25, 0.3) is 0 Å². The highest BCUT2D eigenvalue weighted by Gasteiger charge is 2.08. The Morgan fingerprint density at radius 2 is 2.25 bits per heavy atom. The summed E-state index contributed by atoms with van der Waals surface area (Å²) in [5, 5.41) is 0.452. The van der Waals surface area contributed by atoms with E-state index in [0.717, 1.165) is 11.3 Å². The zero-order chi connectivity index (χ0) is 9.14. The van der Waals surface area contributed by atoms with Crippen LogP contribution in [-0.4, -0.2) is 11.5 Å². The zero-order valence-corrected chi connectivity index (χ0v) is 7.67. The van der Waals surface area contributed by atoms with E-state index in [0.29, 0.717) is 11.7 Å². The van der Waals surface area contributed by atoms with Crippen molar-refractivity contribution >= 4 is 11.6 Å². The van der Waals surface area contributed by atoms with Crippen LogP contribution in [-0.2, 0) is 0 Å². The Morgan fingerprint density at radius 1 is 1.58 bits per heavy atom. The van der Waals surface area contributed by atoms with Gasteiger partial charge in [0, 0.05) is 23.8 Å². The van der Waals surface area contributed by atoms with Gasteiger partial charge in [0.2, 0.25) is 0 Å². The highest BCUT2D eigenvalue weighted by molar-refractivity contribution is 6.30. The predicted molar refractivity (Wildman–Crippen MR) is 50.0 cm³/mol. The van der Waals surface area contributed by atoms with Crippen LogP contribution in [0.1, 0.15) is 17.3 Å². The summed E-state index contributed by atoms with van der Waals surface area (Å²) in [7, 11) is 0. The summed E-state index contributed by atoms with van der Waals surface area (Å²) < 4.78 is 0. The Hall–Kier alpha value is -0.640. The molecule has 0 radical (unpaired) electrons. The average Bonchev–Trinajstić information content (AvgIpc) is 2.03. The van der Waals surface area contributed by atoms with Gasteiger partial charge in [-0.05, 0) is 13.0 Å². The molecular formula is C8H12ClN3. The minimum absolute atomic E-state index is 0.217. The smallest absolute Gasteiger partial charge is 0.134 e. The Bertz CT molecular complexity index is 275. The van der Waals surface area contributed by atoms with Gasteiger partial charge in [0.1, 0.15) is 5.15 Å². The molecule has 0 fully saturated rings. The molecule has 1 atom stereocenters. The monoisotopic (exact) mass is 185 g/mol. The Balaban J connectivity index is 3.01. The fraction of sp³-hybridized carbons (Fsp3) is 0.375. The minimum Gasteiger partial charge on any atom is -0.329 e. The molecule has 1 aromatic rings. The highest BCUT2D eigenvalue weighted by Crippen LogP contribution is 2.18. The third kappa shape index (κ3) is 1.94. The summed E-state index contributed by atoms with van der Waals surface area (Å²) in [6.07, 6.45) is 0. The largest absolute Gasteiger partial charge is 0.329 e. The lowest BCUT2D eigenvalue weighted by Crippen LogP contribution is -2.21. The van der Waals surface area contributed by atoms with E-state index < -0.39 is 0 Å². The molecule has 66 valence electrons. The molecule has 4 heteroatoms. The molecule has 0 amide bonds. The van der Waals surface area contributed by atoms with Gasteiger partial charge < -0.3 is 11.5 Å². The fourth-order valence-electron chi connectivity index (χ4n) is 0.939. The van der Waals surface area contributed by atoms with Gasteiger partial charge in [0.15, 0.2) is 0 Å². The van der Waals surface area contributed by atoms with Crippen molar-refractivity contribution in [2.75, 3.05) is 6.54 Å². The summed E-state index contributed by atoms with van der Waals surface area (Å²) in [5.41, 5.74) is 12.8. The second-order valence-corrected chi connectivity index (χ2v) is 3.03. The van der Waals surface area contributed by atoms with Gasteiger partial charge in [-0.2, -0.15) is 0 Å². The standard InChI is InChI=1S/C8H12ClN3/c1-5-2-3-6(7(11)4-10)8(9)12-5/h2-3,7H,4,10-11H2,1H3. The first-order chi connectivity index (χ1) is 5.65. The van der Waals surface area contributed by atoms with Crippen molar-refractivity contribution in [3.8, 4) is 0 Å². The van der Waals surface area contributed by atoms with E-state index in [1.54, 1.807) is 0 Å². The molecule has 0 aliphatic rings. The molecule has 1 heterocycles. The molecule has 0 aliphatic carbocycles. The maximum atomic E-state index is 5.86. The first-order valence-corrected chi connectivity index (χ1v) is 4.11. The first kappa shape index (κ1) is 9.45. The van der Waals surface area contributed by atoms with Crippen molar-refractivity contribution in [1.29, 1.82) is 0 Å². The second kappa shape index (κ2) is 3.85. The molecule has 1 rings (SSSR count). The van der Waals surface area contributed by atoms with Crippen LogP contribution in [0.3, 0.4) is 0 Å². The van der Waals surface area contributed by atoms with E-state index in [1.165, 1.54) is 0 Å². The van der Waals surface area contributed by atoms with Crippen molar-refractivity contribution in [1.82, 2.24) is 4.98 Å². The molecule has 0 aliphatic heterocycles. The third-order valence-electron chi connectivity index (χ3n) is 1.67. The molecular weight excluding hydrogens is 174 g/mol. The molecule has 0 saturated heterocycles. The van der Waals surface area contributed by atoms with Gasteiger partial charge in [-0.25, -0.2) is 4.98 Å². The van der Waals surface area contributed by atoms with E-state index in [2.05, 4.69) is 4.98 Å². The van der Waals surface area contributed by atoms with Crippen molar-refractivity contribution in [3.63, 3.8) is 0 Å². The van der Waals surface area contributed by atoms with Gasteiger partial charge >= 0.3 is 0 Å². The van der Waals surface area contributed by atoms with E-state index in [-0.39, 0.29) is 6.04 Å². The SMILES string of the molecule is Cc1ccc(C(N)CN)c(Cl)n1. The summed E-state index contributed by atoms with van der Waals surface area (Å²) in [5.74, 6) is 0. The van der Waals surface area contributed by atoms with Gasteiger partial charge in [0.05, 0.1) is 0 Å². The molecule has 1 unspecified atom stereocenters. The highest BCUT2D eigenvalue weighted by atomic mass is 35.5. The number of nitrogens with two attached hydrogens (primary N) is 2. The number of aromatic nitrogens is 1. The molecule has 1 aromatic heterocycles. The summed E-state index contributed by atoms with van der Waals surface area (Å²) in [6, 6.07) is 3.52. The molecule has 0 saturated carbocycles. The quantitative estimate of drug-likeness (QED) is 0.676. The van der Waals surface area contributed by atoms with E-state index >= 15 is 0 Å². The number of hydrogen-bond donors (Lipinski definition) is 2. The lowest BCUT2D eigenvalue weighted by atomic mass is 10.1. The number of hydrogen-bond acceptors (Lipinski definition) is 3. The Labute approximate surface area is 76.7 Å². The van der Waals surface area contributed by atoms with Crippen LogP contribution < -0.4 is 11.5 Å². The van der Waals surface area contributed by atoms with Crippen molar-refractivity contribution in [3.05, 3.63) is 28.5 Å². The molecule has 4 N–H and O–H groups in total. The van der Waals surface area contributed by atoms with E-state index in [4.69, 9.17) is 23.1 Å². The number of rotatable bonds is 2. The zero-order valence-electron chi connectivity index (χ0n) is 6.92. The van der Waals surface area contributed by atoms with Gasteiger partial charge in [-0.3, -0.25) is 0 Å². The fourth-order valence-corrected chi connectivity index (χ4v) is 1.28. The van der Waals surface area contributed by atoms with Crippen LogP contribution in [0, 0.1) is 6.92 Å². The van der Waals surface area contributed by atoms with Crippen LogP contribution in [0.5, 0.6) is 0 Å². The Morgan fingerprint density at radius 3 is 2.75 bits per heavy atom. The molecule has 0 spiro atoms. The van der Waals surface area contributed by atoms with Crippen LogP contribution in [0.4, 0.5) is 0 Å². The van der Waals surface area contributed by atoms with Gasteiger partial charge in [0.25, 0.3) is 0 Å². The van der Waals surface area contributed by atoms with Crippen LogP contribution in [0.15, 0.2) is 12.1 Å². The average molecular weight is 186 g/mol. The number of pyridine rings is 1. The van der Waals surface area contributed by atoms with E-state index in [9.17, 15) is 0 Å². The van der Waals surface area contributed by atoms with E-state index in [1.807, 2.05) is 19.1 Å². The maximum Gasteiger partial charge on any atom is 0.134 e. The third-order valence-corrected chi connectivity index (χ3v) is 1.97. The predicted octanol–water partition coefficient (Wildman–Crippen LogP) is 1.00. The normalized spacial score (nSPS) is 13.0. The number of aryl methyl sites for hydroxylation is 1. The second-order valence-electron chi connectivity index (χ2n) is 2.67. The molecule has 3 nitrogen and oxygen atoms in total. The van der Waals surface area contributed by atoms with Crippen molar-refractivity contribution < 1.29 is 0 Å². The van der Waals surface area contributed by atoms with Gasteiger partial charge in [-0.1, -0.05) is 17.7 Å². The lowest BCUT2D eigenvalue weighted by Gasteiger charge is -2.10. The minimum atomic E-state index is -0.217. The van der Waals surface area contributed by atoms with Crippen LogP contribution >= 0.6 is 11.6 Å². The maximum absolute atomic E-state index is 5.86. The summed E-state index contributed by atoms with van der Waals surface area (Å²) in [6.45, 7) is 2.26. The number of nitrogens with zero attached hydrogens (tertiary/aromatic N) is 1.